The second-order valence-electron chi connectivity index (χ2n) is 6.57. The van der Waals surface area contributed by atoms with Crippen LogP contribution in [0.25, 0.3) is 6.08 Å². The Labute approximate surface area is 186 Å². The van der Waals surface area contributed by atoms with Gasteiger partial charge in [-0.05, 0) is 60.5 Å². The highest BCUT2D eigenvalue weighted by Gasteiger charge is 2.10. The number of halogens is 1. The minimum Gasteiger partial charge on any atom is -0.494 e. The molecule has 0 saturated heterocycles. The van der Waals surface area contributed by atoms with Crippen LogP contribution in [-0.4, -0.2) is 12.5 Å². The molecule has 0 atom stereocenters. The molecule has 3 rings (SSSR count). The zero-order valence-electron chi connectivity index (χ0n) is 17.0. The van der Waals surface area contributed by atoms with Gasteiger partial charge in [0, 0.05) is 16.8 Å². The molecule has 0 spiro atoms. The monoisotopic (exact) mass is 432 g/mol. The maximum Gasteiger partial charge on any atom is 0.266 e. The summed E-state index contributed by atoms with van der Waals surface area (Å²) in [6.45, 7) is 2.83. The molecule has 3 aromatic rings. The Bertz CT molecular complexity index is 1100. The van der Waals surface area contributed by atoms with Gasteiger partial charge in [0.25, 0.3) is 5.91 Å². The van der Waals surface area contributed by atoms with Crippen LogP contribution in [0, 0.1) is 11.3 Å². The molecule has 0 bridgehead atoms. The fourth-order valence-electron chi connectivity index (χ4n) is 2.75. The quantitative estimate of drug-likeness (QED) is 0.357. The molecule has 31 heavy (non-hydrogen) atoms. The molecule has 5 nitrogen and oxygen atoms in total. The average Bonchev–Trinajstić information content (AvgIpc) is 2.78. The van der Waals surface area contributed by atoms with Gasteiger partial charge in [-0.2, -0.15) is 5.26 Å². The summed E-state index contributed by atoms with van der Waals surface area (Å²) in [6.07, 6.45) is 1.53. The highest BCUT2D eigenvalue weighted by molar-refractivity contribution is 6.30. The number of nitrogens with zero attached hydrogens (tertiary/aromatic N) is 1. The van der Waals surface area contributed by atoms with Gasteiger partial charge in [0.2, 0.25) is 0 Å². The predicted octanol–water partition coefficient (Wildman–Crippen LogP) is 5.86. The van der Waals surface area contributed by atoms with Crippen LogP contribution in [0.3, 0.4) is 0 Å². The summed E-state index contributed by atoms with van der Waals surface area (Å²) >= 11 is 5.88. The number of anilines is 1. The lowest BCUT2D eigenvalue weighted by molar-refractivity contribution is -0.112. The van der Waals surface area contributed by atoms with E-state index in [4.69, 9.17) is 21.1 Å². The zero-order valence-corrected chi connectivity index (χ0v) is 17.7. The van der Waals surface area contributed by atoms with Crippen molar-refractivity contribution in [2.75, 3.05) is 11.9 Å². The van der Waals surface area contributed by atoms with Crippen LogP contribution >= 0.6 is 11.6 Å². The topological polar surface area (TPSA) is 71.3 Å². The van der Waals surface area contributed by atoms with Gasteiger partial charge in [-0.15, -0.1) is 0 Å². The standard InChI is InChI=1S/C25H21ClN2O3/c1-2-30-24-5-3-4-22(15-24)28-25(29)20(16-27)14-18-8-12-23(13-9-18)31-17-19-6-10-21(26)11-7-19/h3-15H,2,17H2,1H3,(H,28,29)/b20-14-. The summed E-state index contributed by atoms with van der Waals surface area (Å²) in [5, 5.41) is 12.8. The first kappa shape index (κ1) is 21.9. The molecule has 1 N–H and O–H groups in total. The molecule has 0 aromatic heterocycles. The SMILES string of the molecule is CCOc1cccc(NC(=O)/C(C#N)=C\c2ccc(OCc3ccc(Cl)cc3)cc2)c1. The zero-order chi connectivity index (χ0) is 22.1. The molecule has 0 heterocycles. The number of ether oxygens (including phenoxy) is 2. The fourth-order valence-corrected chi connectivity index (χ4v) is 2.88. The molecule has 0 fully saturated rings. The van der Waals surface area contributed by atoms with Crippen LogP contribution in [0.1, 0.15) is 18.1 Å². The van der Waals surface area contributed by atoms with Gasteiger partial charge in [0.05, 0.1) is 6.61 Å². The summed E-state index contributed by atoms with van der Waals surface area (Å²) in [5.74, 6) is 0.846. The van der Waals surface area contributed by atoms with Gasteiger partial charge in [-0.1, -0.05) is 41.9 Å². The number of carbonyl (C=O) groups is 1. The van der Waals surface area contributed by atoms with E-state index in [1.165, 1.54) is 6.08 Å². The first-order chi connectivity index (χ1) is 15.1. The minimum atomic E-state index is -0.487. The van der Waals surface area contributed by atoms with Crippen LogP contribution in [-0.2, 0) is 11.4 Å². The lowest BCUT2D eigenvalue weighted by Gasteiger charge is -2.08. The third kappa shape index (κ3) is 6.63. The molecule has 0 aliphatic rings. The van der Waals surface area contributed by atoms with Crippen molar-refractivity contribution in [1.29, 1.82) is 5.26 Å². The van der Waals surface area contributed by atoms with Gasteiger partial charge in [-0.3, -0.25) is 4.79 Å². The van der Waals surface area contributed by atoms with E-state index in [0.717, 1.165) is 5.56 Å². The summed E-state index contributed by atoms with van der Waals surface area (Å²) < 4.78 is 11.2. The van der Waals surface area contributed by atoms with Gasteiger partial charge >= 0.3 is 0 Å². The maximum atomic E-state index is 12.5. The number of hydrogen-bond donors (Lipinski definition) is 1. The number of carbonyl (C=O) groups excluding carboxylic acids is 1. The molecule has 0 unspecified atom stereocenters. The number of hydrogen-bond acceptors (Lipinski definition) is 4. The van der Waals surface area contributed by atoms with E-state index in [0.29, 0.717) is 41.0 Å². The van der Waals surface area contributed by atoms with Crippen molar-refractivity contribution in [2.24, 2.45) is 0 Å². The van der Waals surface area contributed by atoms with Crippen molar-refractivity contribution < 1.29 is 14.3 Å². The first-order valence-electron chi connectivity index (χ1n) is 9.70. The maximum absolute atomic E-state index is 12.5. The summed E-state index contributed by atoms with van der Waals surface area (Å²) in [7, 11) is 0. The van der Waals surface area contributed by atoms with Crippen molar-refractivity contribution >= 4 is 29.3 Å². The molecule has 156 valence electrons. The Morgan fingerprint density at radius 1 is 1.03 bits per heavy atom. The Morgan fingerprint density at radius 3 is 2.45 bits per heavy atom. The number of nitrogens with one attached hydrogen (secondary N) is 1. The van der Waals surface area contributed by atoms with Crippen molar-refractivity contribution in [3.8, 4) is 17.6 Å². The molecule has 1 amide bonds. The van der Waals surface area contributed by atoms with Crippen molar-refractivity contribution in [1.82, 2.24) is 0 Å². The van der Waals surface area contributed by atoms with Crippen molar-refractivity contribution in [3.63, 3.8) is 0 Å². The highest BCUT2D eigenvalue weighted by atomic mass is 35.5. The normalized spacial score (nSPS) is 10.8. The molecule has 0 radical (unpaired) electrons. The smallest absolute Gasteiger partial charge is 0.266 e. The Hall–Kier alpha value is -3.75. The molecule has 0 aliphatic heterocycles. The van der Waals surface area contributed by atoms with Gasteiger partial charge < -0.3 is 14.8 Å². The first-order valence-corrected chi connectivity index (χ1v) is 10.1. The Kier molecular flexibility index (Phi) is 7.69. The summed E-state index contributed by atoms with van der Waals surface area (Å²) in [6, 6.07) is 23.6. The molecule has 0 saturated carbocycles. The predicted molar refractivity (Wildman–Crippen MR) is 122 cm³/mol. The largest absolute Gasteiger partial charge is 0.494 e. The fraction of sp³-hybridized carbons (Fsp3) is 0.120. The van der Waals surface area contributed by atoms with Crippen LogP contribution in [0.4, 0.5) is 5.69 Å². The van der Waals surface area contributed by atoms with Crippen LogP contribution in [0.2, 0.25) is 5.02 Å². The molecular weight excluding hydrogens is 412 g/mol. The number of benzene rings is 3. The molecule has 3 aromatic carbocycles. The summed E-state index contributed by atoms with van der Waals surface area (Å²) in [5.41, 5.74) is 2.28. The second-order valence-corrected chi connectivity index (χ2v) is 7.01. The van der Waals surface area contributed by atoms with E-state index in [-0.39, 0.29) is 5.57 Å². The van der Waals surface area contributed by atoms with Gasteiger partial charge in [0.15, 0.2) is 0 Å². The lowest BCUT2D eigenvalue weighted by Crippen LogP contribution is -2.13. The number of rotatable bonds is 8. The van der Waals surface area contributed by atoms with E-state index in [9.17, 15) is 10.1 Å². The van der Waals surface area contributed by atoms with Crippen LogP contribution < -0.4 is 14.8 Å². The number of amides is 1. The number of nitriles is 1. The lowest BCUT2D eigenvalue weighted by atomic mass is 10.1. The van der Waals surface area contributed by atoms with Gasteiger partial charge in [-0.25, -0.2) is 0 Å². The Balaban J connectivity index is 1.63. The second kappa shape index (κ2) is 10.9. The summed E-state index contributed by atoms with van der Waals surface area (Å²) in [4.78, 5) is 12.5. The van der Waals surface area contributed by atoms with E-state index < -0.39 is 5.91 Å². The van der Waals surface area contributed by atoms with Crippen LogP contribution in [0.5, 0.6) is 11.5 Å². The van der Waals surface area contributed by atoms with E-state index >= 15 is 0 Å². The van der Waals surface area contributed by atoms with Gasteiger partial charge in [0.1, 0.15) is 29.7 Å². The van der Waals surface area contributed by atoms with Crippen molar-refractivity contribution in [2.45, 2.75) is 13.5 Å². The van der Waals surface area contributed by atoms with Crippen molar-refractivity contribution in [3.05, 3.63) is 94.5 Å². The Morgan fingerprint density at radius 2 is 1.77 bits per heavy atom. The third-order valence-electron chi connectivity index (χ3n) is 4.28. The van der Waals surface area contributed by atoms with E-state index in [2.05, 4.69) is 5.32 Å². The van der Waals surface area contributed by atoms with E-state index in [1.807, 2.05) is 37.3 Å². The molecule has 0 aliphatic carbocycles. The molecular formula is C25H21ClN2O3. The van der Waals surface area contributed by atoms with E-state index in [1.54, 1.807) is 48.5 Å². The third-order valence-corrected chi connectivity index (χ3v) is 4.53. The average molecular weight is 433 g/mol. The molecule has 6 heteroatoms. The highest BCUT2D eigenvalue weighted by Crippen LogP contribution is 2.20. The minimum absolute atomic E-state index is 0.00311. The van der Waals surface area contributed by atoms with Crippen LogP contribution in [0.15, 0.2) is 78.4 Å².